The lowest BCUT2D eigenvalue weighted by molar-refractivity contribution is -0.136. The van der Waals surface area contributed by atoms with Gasteiger partial charge in [0, 0.05) is 11.7 Å². The van der Waals surface area contributed by atoms with E-state index in [2.05, 4.69) is 10.6 Å². The number of hydrogen-bond acceptors (Lipinski definition) is 3. The van der Waals surface area contributed by atoms with Gasteiger partial charge >= 0.3 is 11.8 Å². The fraction of sp³-hybridized carbons (Fsp3) is 0.429. The molecule has 1 aromatic rings. The maximum absolute atomic E-state index is 11.7. The van der Waals surface area contributed by atoms with Crippen LogP contribution in [0.4, 0.5) is 5.69 Å². The number of methoxy groups -OCH3 is 1. The summed E-state index contributed by atoms with van der Waals surface area (Å²) >= 11 is 0. The number of hydrogen-bond donors (Lipinski definition) is 2. The number of carbonyl (C=O) groups is 2. The summed E-state index contributed by atoms with van der Waals surface area (Å²) in [6.07, 6.45) is 4.15. The molecule has 2 rings (SSSR count). The first-order valence-electron chi connectivity index (χ1n) is 6.45. The number of amides is 2. The van der Waals surface area contributed by atoms with E-state index < -0.39 is 11.8 Å². The molecule has 1 aromatic carbocycles. The highest BCUT2D eigenvalue weighted by atomic mass is 16.5. The second-order valence-corrected chi connectivity index (χ2v) is 4.64. The van der Waals surface area contributed by atoms with Crippen molar-refractivity contribution in [2.75, 3.05) is 12.4 Å². The molecule has 0 aromatic heterocycles. The van der Waals surface area contributed by atoms with Gasteiger partial charge in [-0.1, -0.05) is 12.8 Å². The zero-order valence-corrected chi connectivity index (χ0v) is 10.9. The van der Waals surface area contributed by atoms with E-state index in [1.54, 1.807) is 31.4 Å². The van der Waals surface area contributed by atoms with E-state index in [-0.39, 0.29) is 6.04 Å². The van der Waals surface area contributed by atoms with Gasteiger partial charge in [0.05, 0.1) is 7.11 Å². The van der Waals surface area contributed by atoms with Gasteiger partial charge in [-0.3, -0.25) is 9.59 Å². The normalized spacial score (nSPS) is 15.0. The molecular weight excluding hydrogens is 244 g/mol. The van der Waals surface area contributed by atoms with E-state index in [0.717, 1.165) is 25.7 Å². The average molecular weight is 262 g/mol. The van der Waals surface area contributed by atoms with Gasteiger partial charge in [0.15, 0.2) is 0 Å². The molecule has 0 bridgehead atoms. The zero-order valence-electron chi connectivity index (χ0n) is 10.9. The fourth-order valence-electron chi connectivity index (χ4n) is 2.18. The molecule has 1 aliphatic carbocycles. The summed E-state index contributed by atoms with van der Waals surface area (Å²) in [7, 11) is 1.57. The minimum absolute atomic E-state index is 0.147. The van der Waals surface area contributed by atoms with Gasteiger partial charge in [0.2, 0.25) is 0 Å². The van der Waals surface area contributed by atoms with E-state index >= 15 is 0 Å². The summed E-state index contributed by atoms with van der Waals surface area (Å²) in [6.45, 7) is 0. The van der Waals surface area contributed by atoms with Crippen LogP contribution in [-0.4, -0.2) is 25.0 Å². The number of anilines is 1. The van der Waals surface area contributed by atoms with Crippen molar-refractivity contribution in [2.45, 2.75) is 31.7 Å². The van der Waals surface area contributed by atoms with Crippen molar-refractivity contribution in [1.82, 2.24) is 5.32 Å². The molecule has 102 valence electrons. The number of carbonyl (C=O) groups excluding carboxylic acids is 2. The summed E-state index contributed by atoms with van der Waals surface area (Å²) in [5, 5.41) is 5.31. The van der Waals surface area contributed by atoms with E-state index in [4.69, 9.17) is 4.74 Å². The number of ether oxygens (including phenoxy) is 1. The molecule has 5 heteroatoms. The van der Waals surface area contributed by atoms with Crippen LogP contribution >= 0.6 is 0 Å². The molecule has 0 heterocycles. The highest BCUT2D eigenvalue weighted by molar-refractivity contribution is 6.39. The van der Waals surface area contributed by atoms with Crippen molar-refractivity contribution in [3.63, 3.8) is 0 Å². The van der Waals surface area contributed by atoms with Crippen LogP contribution in [0.5, 0.6) is 5.75 Å². The Bertz CT molecular complexity index is 450. The molecule has 0 unspecified atom stereocenters. The fourth-order valence-corrected chi connectivity index (χ4v) is 2.18. The molecule has 0 saturated heterocycles. The van der Waals surface area contributed by atoms with Gasteiger partial charge < -0.3 is 15.4 Å². The van der Waals surface area contributed by atoms with Gasteiger partial charge in [0.1, 0.15) is 5.75 Å². The molecule has 0 spiro atoms. The zero-order chi connectivity index (χ0) is 13.7. The molecule has 1 fully saturated rings. The minimum Gasteiger partial charge on any atom is -0.497 e. The Labute approximate surface area is 112 Å². The Balaban J connectivity index is 1.86. The minimum atomic E-state index is -0.628. The highest BCUT2D eigenvalue weighted by Gasteiger charge is 2.21. The van der Waals surface area contributed by atoms with E-state index in [9.17, 15) is 9.59 Å². The van der Waals surface area contributed by atoms with Gasteiger partial charge in [-0.15, -0.1) is 0 Å². The lowest BCUT2D eigenvalue weighted by Gasteiger charge is -2.11. The first-order valence-corrected chi connectivity index (χ1v) is 6.45. The molecule has 0 radical (unpaired) electrons. The summed E-state index contributed by atoms with van der Waals surface area (Å²) < 4.78 is 5.02. The topological polar surface area (TPSA) is 67.4 Å². The number of nitrogens with one attached hydrogen (secondary N) is 2. The summed E-state index contributed by atoms with van der Waals surface area (Å²) in [5.41, 5.74) is 0.576. The first kappa shape index (κ1) is 13.4. The summed E-state index contributed by atoms with van der Waals surface area (Å²) in [5.74, 6) is -0.492. The first-order chi connectivity index (χ1) is 9.19. The molecule has 5 nitrogen and oxygen atoms in total. The Morgan fingerprint density at radius 2 is 1.74 bits per heavy atom. The third-order valence-corrected chi connectivity index (χ3v) is 3.24. The number of rotatable bonds is 3. The average Bonchev–Trinajstić information content (AvgIpc) is 2.92. The van der Waals surface area contributed by atoms with Gasteiger partial charge in [-0.05, 0) is 37.1 Å². The smallest absolute Gasteiger partial charge is 0.313 e. The van der Waals surface area contributed by atoms with Gasteiger partial charge in [-0.25, -0.2) is 0 Å². The predicted molar refractivity (Wildman–Crippen MR) is 72.0 cm³/mol. The van der Waals surface area contributed by atoms with Crippen LogP contribution in [0.15, 0.2) is 24.3 Å². The molecule has 19 heavy (non-hydrogen) atoms. The van der Waals surface area contributed by atoms with Crippen molar-refractivity contribution >= 4 is 17.5 Å². The largest absolute Gasteiger partial charge is 0.497 e. The molecule has 0 atom stereocenters. The SMILES string of the molecule is COc1ccc(NC(=O)C(=O)NC2CCCC2)cc1. The molecular formula is C14H18N2O3. The lowest BCUT2D eigenvalue weighted by atomic mass is 10.2. The third-order valence-electron chi connectivity index (χ3n) is 3.24. The van der Waals surface area contributed by atoms with E-state index in [0.29, 0.717) is 11.4 Å². The van der Waals surface area contributed by atoms with Gasteiger partial charge in [-0.2, -0.15) is 0 Å². The van der Waals surface area contributed by atoms with Crippen LogP contribution in [0.1, 0.15) is 25.7 Å². The number of benzene rings is 1. The van der Waals surface area contributed by atoms with E-state index in [1.807, 2.05) is 0 Å². The Hall–Kier alpha value is -2.04. The van der Waals surface area contributed by atoms with Crippen LogP contribution in [0.3, 0.4) is 0 Å². The monoisotopic (exact) mass is 262 g/mol. The lowest BCUT2D eigenvalue weighted by Crippen LogP contribution is -2.40. The van der Waals surface area contributed by atoms with Crippen LogP contribution in [-0.2, 0) is 9.59 Å². The second-order valence-electron chi connectivity index (χ2n) is 4.64. The quantitative estimate of drug-likeness (QED) is 0.815. The van der Waals surface area contributed by atoms with Crippen molar-refractivity contribution in [1.29, 1.82) is 0 Å². The highest BCUT2D eigenvalue weighted by Crippen LogP contribution is 2.18. The summed E-state index contributed by atoms with van der Waals surface area (Å²) in [6, 6.07) is 6.99. The van der Waals surface area contributed by atoms with Crippen LogP contribution in [0.2, 0.25) is 0 Å². The Morgan fingerprint density at radius 3 is 2.32 bits per heavy atom. The van der Waals surface area contributed by atoms with Crippen molar-refractivity contribution < 1.29 is 14.3 Å². The van der Waals surface area contributed by atoms with Gasteiger partial charge in [0.25, 0.3) is 0 Å². The van der Waals surface area contributed by atoms with Crippen LogP contribution in [0.25, 0.3) is 0 Å². The van der Waals surface area contributed by atoms with Crippen LogP contribution < -0.4 is 15.4 Å². The maximum atomic E-state index is 11.7. The third kappa shape index (κ3) is 3.71. The molecule has 2 N–H and O–H groups in total. The molecule has 1 aliphatic rings. The predicted octanol–water partition coefficient (Wildman–Crippen LogP) is 1.69. The standard InChI is InChI=1S/C14H18N2O3/c1-19-12-8-6-11(7-9-12)16-14(18)13(17)15-10-4-2-3-5-10/h6-10H,2-5H2,1H3,(H,15,17)(H,16,18). The molecule has 0 aliphatic heterocycles. The Morgan fingerprint density at radius 1 is 1.11 bits per heavy atom. The maximum Gasteiger partial charge on any atom is 0.313 e. The van der Waals surface area contributed by atoms with E-state index in [1.165, 1.54) is 0 Å². The molecule has 2 amide bonds. The van der Waals surface area contributed by atoms with Crippen LogP contribution in [0, 0.1) is 0 Å². The molecule has 1 saturated carbocycles. The Kier molecular flexibility index (Phi) is 4.39. The summed E-state index contributed by atoms with van der Waals surface area (Å²) in [4.78, 5) is 23.4. The van der Waals surface area contributed by atoms with Crippen molar-refractivity contribution in [3.05, 3.63) is 24.3 Å². The van der Waals surface area contributed by atoms with Crippen molar-refractivity contribution in [3.8, 4) is 5.75 Å². The van der Waals surface area contributed by atoms with Crippen molar-refractivity contribution in [2.24, 2.45) is 0 Å². The second kappa shape index (κ2) is 6.22.